The van der Waals surface area contributed by atoms with Crippen LogP contribution in [0.3, 0.4) is 0 Å². The van der Waals surface area contributed by atoms with Gasteiger partial charge in [-0.3, -0.25) is 14.8 Å². The van der Waals surface area contributed by atoms with Crippen LogP contribution in [0.15, 0.2) is 53.5 Å². The maximum Gasteiger partial charge on any atom is 0.257 e. The third-order valence-electron chi connectivity index (χ3n) is 5.44. The van der Waals surface area contributed by atoms with Crippen molar-refractivity contribution in [1.29, 1.82) is 0 Å². The van der Waals surface area contributed by atoms with Crippen molar-refractivity contribution >= 4 is 17.6 Å². The summed E-state index contributed by atoms with van der Waals surface area (Å²) in [5.74, 6) is 0.662. The van der Waals surface area contributed by atoms with Crippen LogP contribution in [0.25, 0.3) is 0 Å². The maximum atomic E-state index is 12.8. The molecule has 0 aliphatic rings. The number of aromatic nitrogens is 2. The highest BCUT2D eigenvalue weighted by Gasteiger charge is 2.12. The summed E-state index contributed by atoms with van der Waals surface area (Å²) in [6.07, 6.45) is 0. The van der Waals surface area contributed by atoms with E-state index < -0.39 is 0 Å². The molecule has 2 N–H and O–H groups in total. The molecular weight excluding hydrogens is 386 g/mol. The molecule has 1 heterocycles. The number of aryl methyl sites for hydroxylation is 3. The molecule has 31 heavy (non-hydrogen) atoms. The van der Waals surface area contributed by atoms with E-state index in [1.54, 1.807) is 0 Å². The number of guanidine groups is 1. The van der Waals surface area contributed by atoms with Gasteiger partial charge in [0.2, 0.25) is 5.96 Å². The van der Waals surface area contributed by atoms with Gasteiger partial charge in [0, 0.05) is 29.6 Å². The van der Waals surface area contributed by atoms with E-state index in [0.717, 1.165) is 28.2 Å². The fourth-order valence-corrected chi connectivity index (χ4v) is 3.29. The Bertz CT molecular complexity index is 1080. The fraction of sp³-hybridized carbons (Fsp3) is 0.320. The van der Waals surface area contributed by atoms with Crippen LogP contribution in [0.2, 0.25) is 0 Å². The van der Waals surface area contributed by atoms with Gasteiger partial charge in [0.1, 0.15) is 0 Å². The minimum absolute atomic E-state index is 0.204. The number of hydrogen-bond donors (Lipinski definition) is 2. The number of carbonyl (C=O) groups excluding carboxylic acids is 1. The molecule has 1 amide bonds. The SMILES string of the molecule is Cc1ccc(C(=O)NC(=NCc2c(C)nn(C)c2C)Nc2ccc(C(C)C)cc2)cc1. The molecule has 0 unspecified atom stereocenters. The fourth-order valence-electron chi connectivity index (χ4n) is 3.29. The van der Waals surface area contributed by atoms with Crippen molar-refractivity contribution in [2.75, 3.05) is 5.32 Å². The molecule has 6 heteroatoms. The molecule has 162 valence electrons. The van der Waals surface area contributed by atoms with Crippen LogP contribution in [0, 0.1) is 20.8 Å². The molecule has 0 saturated heterocycles. The van der Waals surface area contributed by atoms with Gasteiger partial charge in [0.15, 0.2) is 0 Å². The highest BCUT2D eigenvalue weighted by Crippen LogP contribution is 2.18. The van der Waals surface area contributed by atoms with E-state index in [2.05, 4.69) is 46.7 Å². The van der Waals surface area contributed by atoms with Crippen LogP contribution in [0.5, 0.6) is 0 Å². The van der Waals surface area contributed by atoms with Crippen molar-refractivity contribution < 1.29 is 4.79 Å². The largest absolute Gasteiger partial charge is 0.326 e. The lowest BCUT2D eigenvalue weighted by molar-refractivity contribution is 0.0977. The molecule has 0 fully saturated rings. The Kier molecular flexibility index (Phi) is 6.90. The predicted octanol–water partition coefficient (Wildman–Crippen LogP) is 4.87. The second-order valence-corrected chi connectivity index (χ2v) is 8.16. The van der Waals surface area contributed by atoms with Gasteiger partial charge in [-0.25, -0.2) is 4.99 Å². The lowest BCUT2D eigenvalue weighted by Crippen LogP contribution is -2.36. The Morgan fingerprint density at radius 2 is 1.68 bits per heavy atom. The monoisotopic (exact) mass is 417 g/mol. The van der Waals surface area contributed by atoms with Crippen LogP contribution < -0.4 is 10.6 Å². The number of nitrogens with one attached hydrogen (secondary N) is 2. The van der Waals surface area contributed by atoms with Gasteiger partial charge in [-0.05, 0) is 56.5 Å². The molecule has 0 aliphatic carbocycles. The van der Waals surface area contributed by atoms with Crippen molar-refractivity contribution in [2.45, 2.75) is 47.1 Å². The summed E-state index contributed by atoms with van der Waals surface area (Å²) in [5, 5.41) is 10.6. The van der Waals surface area contributed by atoms with Crippen molar-refractivity contribution in [3.05, 3.63) is 82.2 Å². The molecule has 0 saturated carbocycles. The second kappa shape index (κ2) is 9.60. The minimum atomic E-state index is -0.204. The lowest BCUT2D eigenvalue weighted by Gasteiger charge is -2.13. The summed E-state index contributed by atoms with van der Waals surface area (Å²) >= 11 is 0. The van der Waals surface area contributed by atoms with Crippen molar-refractivity contribution in [3.8, 4) is 0 Å². The third kappa shape index (κ3) is 5.60. The van der Waals surface area contributed by atoms with Crippen LogP contribution in [-0.2, 0) is 13.6 Å². The number of benzene rings is 2. The van der Waals surface area contributed by atoms with Crippen LogP contribution >= 0.6 is 0 Å². The van der Waals surface area contributed by atoms with Crippen molar-refractivity contribution in [3.63, 3.8) is 0 Å². The van der Waals surface area contributed by atoms with Crippen LogP contribution in [0.4, 0.5) is 5.69 Å². The van der Waals surface area contributed by atoms with E-state index >= 15 is 0 Å². The van der Waals surface area contributed by atoms with Gasteiger partial charge in [-0.2, -0.15) is 5.10 Å². The zero-order valence-electron chi connectivity index (χ0n) is 19.2. The smallest absolute Gasteiger partial charge is 0.257 e. The zero-order chi connectivity index (χ0) is 22.5. The van der Waals surface area contributed by atoms with E-state index in [-0.39, 0.29) is 5.91 Å². The Balaban J connectivity index is 1.84. The van der Waals surface area contributed by atoms with Crippen molar-refractivity contribution in [2.24, 2.45) is 12.0 Å². The topological polar surface area (TPSA) is 71.3 Å². The summed E-state index contributed by atoms with van der Waals surface area (Å²) in [5.41, 5.74) is 6.88. The standard InChI is InChI=1S/C25H31N5O/c1-16(2)20-11-13-22(14-12-20)27-25(26-15-23-18(4)29-30(6)19(23)5)28-24(31)21-9-7-17(3)8-10-21/h7-14,16H,15H2,1-6H3,(H2,26,27,28,31). The van der Waals surface area contributed by atoms with Crippen LogP contribution in [-0.4, -0.2) is 21.6 Å². The highest BCUT2D eigenvalue weighted by molar-refractivity contribution is 6.09. The first kappa shape index (κ1) is 22.3. The first-order valence-corrected chi connectivity index (χ1v) is 10.5. The molecule has 0 aliphatic heterocycles. The number of nitrogens with zero attached hydrogens (tertiary/aromatic N) is 3. The molecule has 0 radical (unpaired) electrons. The summed E-state index contributed by atoms with van der Waals surface area (Å²) in [6.45, 7) is 10.7. The number of carbonyl (C=O) groups is 1. The van der Waals surface area contributed by atoms with E-state index in [1.807, 2.05) is 68.9 Å². The number of hydrogen-bond acceptors (Lipinski definition) is 3. The normalized spacial score (nSPS) is 11.6. The van der Waals surface area contributed by atoms with Gasteiger partial charge in [-0.1, -0.05) is 43.7 Å². The average Bonchev–Trinajstić information content (AvgIpc) is 2.98. The van der Waals surface area contributed by atoms with Gasteiger partial charge in [-0.15, -0.1) is 0 Å². The Morgan fingerprint density at radius 1 is 1.03 bits per heavy atom. The summed E-state index contributed by atoms with van der Waals surface area (Å²) in [4.78, 5) is 17.5. The molecule has 3 rings (SSSR count). The lowest BCUT2D eigenvalue weighted by atomic mass is 10.0. The summed E-state index contributed by atoms with van der Waals surface area (Å²) in [7, 11) is 1.92. The van der Waals surface area contributed by atoms with Crippen molar-refractivity contribution in [1.82, 2.24) is 15.1 Å². The number of rotatable bonds is 5. The molecule has 1 aromatic heterocycles. The quantitative estimate of drug-likeness (QED) is 0.460. The Morgan fingerprint density at radius 3 is 2.23 bits per heavy atom. The summed E-state index contributed by atoms with van der Waals surface area (Å²) in [6, 6.07) is 15.7. The zero-order valence-corrected chi connectivity index (χ0v) is 19.2. The second-order valence-electron chi connectivity index (χ2n) is 8.16. The molecule has 3 aromatic rings. The average molecular weight is 418 g/mol. The van der Waals surface area contributed by atoms with Gasteiger partial charge in [0.05, 0.1) is 12.2 Å². The maximum absolute atomic E-state index is 12.8. The first-order chi connectivity index (χ1) is 14.7. The molecule has 0 spiro atoms. The number of anilines is 1. The highest BCUT2D eigenvalue weighted by atomic mass is 16.1. The van der Waals surface area contributed by atoms with E-state index in [9.17, 15) is 4.79 Å². The van der Waals surface area contributed by atoms with Gasteiger partial charge >= 0.3 is 0 Å². The third-order valence-corrected chi connectivity index (χ3v) is 5.44. The molecule has 2 aromatic carbocycles. The van der Waals surface area contributed by atoms with Gasteiger partial charge < -0.3 is 5.32 Å². The predicted molar refractivity (Wildman–Crippen MR) is 127 cm³/mol. The first-order valence-electron chi connectivity index (χ1n) is 10.5. The molecule has 6 nitrogen and oxygen atoms in total. The van der Waals surface area contributed by atoms with E-state index in [0.29, 0.717) is 24.0 Å². The minimum Gasteiger partial charge on any atom is -0.326 e. The Hall–Kier alpha value is -3.41. The molecule has 0 atom stereocenters. The molecule has 0 bridgehead atoms. The number of amides is 1. The van der Waals surface area contributed by atoms with Gasteiger partial charge in [0.25, 0.3) is 5.91 Å². The Labute approximate surface area is 184 Å². The van der Waals surface area contributed by atoms with Crippen LogP contribution in [0.1, 0.15) is 58.2 Å². The summed E-state index contributed by atoms with van der Waals surface area (Å²) < 4.78 is 1.85. The van der Waals surface area contributed by atoms with E-state index in [4.69, 9.17) is 0 Å². The molecular formula is C25H31N5O. The van der Waals surface area contributed by atoms with E-state index in [1.165, 1.54) is 5.56 Å². The number of aliphatic imine (C=N–C) groups is 1.